The van der Waals surface area contributed by atoms with E-state index in [9.17, 15) is 4.79 Å². The first-order valence-electron chi connectivity index (χ1n) is 7.96. The molecule has 3 rings (SSSR count). The molecule has 1 unspecified atom stereocenters. The summed E-state index contributed by atoms with van der Waals surface area (Å²) in [5.41, 5.74) is 0.800. The van der Waals surface area contributed by atoms with Crippen molar-refractivity contribution in [3.05, 3.63) is 60.3 Å². The van der Waals surface area contributed by atoms with E-state index in [1.165, 1.54) is 6.39 Å². The third-order valence-corrected chi connectivity index (χ3v) is 3.66. The van der Waals surface area contributed by atoms with Crippen LogP contribution in [0.1, 0.15) is 48.8 Å². The SMILES string of the molecule is CC(C)(C)n1cnc(C(=O)NC(Cc2ccccc2)c2ncon2)n1. The number of amides is 1. The molecule has 0 saturated carbocycles. The minimum atomic E-state index is -0.435. The van der Waals surface area contributed by atoms with Gasteiger partial charge in [-0.15, -0.1) is 5.10 Å². The molecule has 0 radical (unpaired) electrons. The molecule has 25 heavy (non-hydrogen) atoms. The zero-order valence-corrected chi connectivity index (χ0v) is 14.4. The fourth-order valence-electron chi connectivity index (χ4n) is 2.30. The highest BCUT2D eigenvalue weighted by Crippen LogP contribution is 2.16. The maximum Gasteiger partial charge on any atom is 0.291 e. The largest absolute Gasteiger partial charge is 0.343 e. The number of nitrogens with one attached hydrogen (secondary N) is 1. The van der Waals surface area contributed by atoms with Crippen molar-refractivity contribution in [1.29, 1.82) is 0 Å². The number of aromatic nitrogens is 5. The van der Waals surface area contributed by atoms with Gasteiger partial charge in [-0.25, -0.2) is 9.67 Å². The Balaban J connectivity index is 1.78. The summed E-state index contributed by atoms with van der Waals surface area (Å²) in [6, 6.07) is 9.34. The molecule has 1 aromatic carbocycles. The Morgan fingerprint density at radius 2 is 2.00 bits per heavy atom. The van der Waals surface area contributed by atoms with Crippen molar-refractivity contribution in [2.75, 3.05) is 0 Å². The molecule has 2 heterocycles. The zero-order chi connectivity index (χ0) is 17.9. The maximum absolute atomic E-state index is 12.5. The van der Waals surface area contributed by atoms with E-state index in [0.29, 0.717) is 12.2 Å². The monoisotopic (exact) mass is 340 g/mol. The van der Waals surface area contributed by atoms with Crippen LogP contribution in [0.5, 0.6) is 0 Å². The van der Waals surface area contributed by atoms with Gasteiger partial charge in [0.1, 0.15) is 6.33 Å². The lowest BCUT2D eigenvalue weighted by Gasteiger charge is -2.18. The van der Waals surface area contributed by atoms with E-state index in [1.807, 2.05) is 51.1 Å². The van der Waals surface area contributed by atoms with Gasteiger partial charge in [-0.05, 0) is 26.3 Å². The second-order valence-electron chi connectivity index (χ2n) is 6.69. The van der Waals surface area contributed by atoms with Crippen LogP contribution in [0.3, 0.4) is 0 Å². The highest BCUT2D eigenvalue weighted by atomic mass is 16.5. The Bertz CT molecular complexity index is 820. The van der Waals surface area contributed by atoms with Crippen LogP contribution < -0.4 is 5.32 Å². The van der Waals surface area contributed by atoms with Crippen molar-refractivity contribution >= 4 is 5.91 Å². The van der Waals surface area contributed by atoms with Crippen LogP contribution >= 0.6 is 0 Å². The summed E-state index contributed by atoms with van der Waals surface area (Å²) >= 11 is 0. The van der Waals surface area contributed by atoms with Gasteiger partial charge >= 0.3 is 0 Å². The third kappa shape index (κ3) is 4.09. The summed E-state index contributed by atoms with van der Waals surface area (Å²) < 4.78 is 6.48. The molecule has 0 fully saturated rings. The van der Waals surface area contributed by atoms with Gasteiger partial charge in [-0.2, -0.15) is 4.98 Å². The quantitative estimate of drug-likeness (QED) is 0.764. The normalized spacial score (nSPS) is 12.8. The summed E-state index contributed by atoms with van der Waals surface area (Å²) in [7, 11) is 0. The van der Waals surface area contributed by atoms with E-state index < -0.39 is 6.04 Å². The molecule has 0 aliphatic carbocycles. The second kappa shape index (κ2) is 6.84. The van der Waals surface area contributed by atoms with Crippen molar-refractivity contribution in [1.82, 2.24) is 30.2 Å². The van der Waals surface area contributed by atoms with Gasteiger partial charge in [0.15, 0.2) is 5.82 Å². The molecule has 1 amide bonds. The Labute approximate surface area is 145 Å². The van der Waals surface area contributed by atoms with Gasteiger partial charge < -0.3 is 9.84 Å². The molecule has 8 nitrogen and oxygen atoms in total. The van der Waals surface area contributed by atoms with Crippen LogP contribution in [0.25, 0.3) is 0 Å². The van der Waals surface area contributed by atoms with Crippen LogP contribution in [0.15, 0.2) is 47.6 Å². The predicted molar refractivity (Wildman–Crippen MR) is 89.7 cm³/mol. The topological polar surface area (TPSA) is 98.7 Å². The van der Waals surface area contributed by atoms with Crippen LogP contribution in [0.2, 0.25) is 0 Å². The molecule has 0 aliphatic rings. The highest BCUT2D eigenvalue weighted by Gasteiger charge is 2.23. The first kappa shape index (κ1) is 16.8. The standard InChI is InChI=1S/C17H20N6O2/c1-17(2,3)23-10-18-15(21-23)16(24)20-13(14-19-11-25-22-14)9-12-7-5-4-6-8-12/h4-8,10-11,13H,9H2,1-3H3,(H,20,24). The van der Waals surface area contributed by atoms with E-state index in [0.717, 1.165) is 5.56 Å². The number of nitrogens with zero attached hydrogens (tertiary/aromatic N) is 5. The first-order valence-corrected chi connectivity index (χ1v) is 7.96. The van der Waals surface area contributed by atoms with Gasteiger partial charge in [-0.1, -0.05) is 35.5 Å². The molecule has 0 spiro atoms. The number of hydrogen-bond donors (Lipinski definition) is 1. The average molecular weight is 340 g/mol. The molecule has 1 N–H and O–H groups in total. The minimum Gasteiger partial charge on any atom is -0.343 e. The third-order valence-electron chi connectivity index (χ3n) is 3.66. The van der Waals surface area contributed by atoms with Gasteiger partial charge in [0.25, 0.3) is 5.91 Å². The average Bonchev–Trinajstić information content (AvgIpc) is 3.26. The first-order chi connectivity index (χ1) is 11.9. The fraction of sp³-hybridized carbons (Fsp3) is 0.353. The molecule has 2 aromatic heterocycles. The lowest BCUT2D eigenvalue weighted by Crippen LogP contribution is -2.32. The van der Waals surface area contributed by atoms with Crippen LogP contribution in [-0.2, 0) is 12.0 Å². The lowest BCUT2D eigenvalue weighted by atomic mass is 10.1. The van der Waals surface area contributed by atoms with E-state index >= 15 is 0 Å². The van der Waals surface area contributed by atoms with Crippen molar-refractivity contribution in [2.45, 2.75) is 38.8 Å². The molecule has 0 bridgehead atoms. The summed E-state index contributed by atoms with van der Waals surface area (Å²) in [4.78, 5) is 20.7. The molecule has 1 atom stereocenters. The minimum absolute atomic E-state index is 0.108. The Hall–Kier alpha value is -3.03. The van der Waals surface area contributed by atoms with Crippen molar-refractivity contribution in [2.24, 2.45) is 0 Å². The second-order valence-corrected chi connectivity index (χ2v) is 6.69. The van der Waals surface area contributed by atoms with E-state index in [-0.39, 0.29) is 17.3 Å². The van der Waals surface area contributed by atoms with E-state index in [1.54, 1.807) is 11.0 Å². The number of carbonyl (C=O) groups is 1. The van der Waals surface area contributed by atoms with Crippen LogP contribution in [0.4, 0.5) is 0 Å². The Morgan fingerprint density at radius 3 is 2.60 bits per heavy atom. The number of rotatable bonds is 5. The molecular weight excluding hydrogens is 320 g/mol. The summed E-state index contributed by atoms with van der Waals surface area (Å²) in [6.07, 6.45) is 3.33. The summed E-state index contributed by atoms with van der Waals surface area (Å²) in [5.74, 6) is 0.137. The van der Waals surface area contributed by atoms with Crippen LogP contribution in [-0.4, -0.2) is 30.8 Å². The fourth-order valence-corrected chi connectivity index (χ4v) is 2.30. The predicted octanol–water partition coefficient (Wildman–Crippen LogP) is 2.13. The molecule has 0 saturated heterocycles. The smallest absolute Gasteiger partial charge is 0.291 e. The number of carbonyl (C=O) groups excluding carboxylic acids is 1. The molecule has 0 aliphatic heterocycles. The summed E-state index contributed by atoms with van der Waals surface area (Å²) in [5, 5.41) is 11.0. The van der Waals surface area contributed by atoms with Gasteiger partial charge in [-0.3, -0.25) is 4.79 Å². The highest BCUT2D eigenvalue weighted by molar-refractivity contribution is 5.90. The summed E-state index contributed by atoms with van der Waals surface area (Å²) in [6.45, 7) is 5.96. The van der Waals surface area contributed by atoms with Crippen molar-refractivity contribution < 1.29 is 9.32 Å². The van der Waals surface area contributed by atoms with Gasteiger partial charge in [0.05, 0.1) is 11.6 Å². The van der Waals surface area contributed by atoms with Gasteiger partial charge in [0.2, 0.25) is 12.2 Å². The lowest BCUT2D eigenvalue weighted by molar-refractivity contribution is 0.0922. The molecule has 8 heteroatoms. The zero-order valence-electron chi connectivity index (χ0n) is 14.4. The maximum atomic E-state index is 12.5. The number of hydrogen-bond acceptors (Lipinski definition) is 6. The van der Waals surface area contributed by atoms with Crippen molar-refractivity contribution in [3.63, 3.8) is 0 Å². The molecule has 3 aromatic rings. The van der Waals surface area contributed by atoms with E-state index in [2.05, 4.69) is 25.5 Å². The molecular formula is C17H20N6O2. The van der Waals surface area contributed by atoms with Crippen molar-refractivity contribution in [3.8, 4) is 0 Å². The van der Waals surface area contributed by atoms with E-state index in [4.69, 9.17) is 4.52 Å². The Kier molecular flexibility index (Phi) is 4.60. The number of benzene rings is 1. The Morgan fingerprint density at radius 1 is 1.24 bits per heavy atom. The molecule has 130 valence electrons. The van der Waals surface area contributed by atoms with Crippen LogP contribution in [0, 0.1) is 0 Å². The van der Waals surface area contributed by atoms with Gasteiger partial charge in [0, 0.05) is 6.42 Å².